The van der Waals surface area contributed by atoms with Gasteiger partial charge in [0.1, 0.15) is 0 Å². The van der Waals surface area contributed by atoms with E-state index >= 15 is 0 Å². The van der Waals surface area contributed by atoms with Gasteiger partial charge >= 0.3 is 5.97 Å². The molecule has 0 bridgehead atoms. The Kier molecular flexibility index (Phi) is 4.58. The van der Waals surface area contributed by atoms with Crippen LogP contribution in [0.2, 0.25) is 0 Å². The number of methoxy groups -OCH3 is 1. The smallest absolute Gasteiger partial charge is 0.306 e. The lowest BCUT2D eigenvalue weighted by atomic mass is 9.82. The summed E-state index contributed by atoms with van der Waals surface area (Å²) < 4.78 is 4.65. The van der Waals surface area contributed by atoms with Crippen molar-refractivity contribution >= 4 is 5.97 Å². The Hall–Kier alpha value is -0.570. The maximum atomic E-state index is 11.0. The molecule has 0 N–H and O–H groups in total. The number of carbonyl (C=O) groups is 1. The molecule has 0 amide bonds. The van der Waals surface area contributed by atoms with E-state index in [0.29, 0.717) is 11.8 Å². The van der Waals surface area contributed by atoms with Gasteiger partial charge in [0.15, 0.2) is 0 Å². The van der Waals surface area contributed by atoms with Crippen LogP contribution in [0.5, 0.6) is 0 Å². The summed E-state index contributed by atoms with van der Waals surface area (Å²) in [5, 5.41) is 0. The topological polar surface area (TPSA) is 29.5 Å². The molecule has 15 heavy (non-hydrogen) atoms. The highest BCUT2D eigenvalue weighted by Crippen LogP contribution is 2.36. The van der Waals surface area contributed by atoms with Crippen LogP contribution in [-0.2, 0) is 9.53 Å². The van der Waals surface area contributed by atoms with Crippen LogP contribution in [0.3, 0.4) is 0 Å². The Labute approximate surface area is 92.8 Å². The minimum absolute atomic E-state index is 0.0968. The number of hydrogen-bond acceptors (Lipinski definition) is 3. The van der Waals surface area contributed by atoms with Crippen LogP contribution in [0.15, 0.2) is 0 Å². The first-order valence-corrected chi connectivity index (χ1v) is 5.95. The third-order valence-corrected chi connectivity index (χ3v) is 3.88. The van der Waals surface area contributed by atoms with Crippen molar-refractivity contribution in [2.45, 2.75) is 39.5 Å². The molecule has 88 valence electrons. The first kappa shape index (κ1) is 12.5. The fourth-order valence-electron chi connectivity index (χ4n) is 2.40. The van der Waals surface area contributed by atoms with Crippen LogP contribution in [0.25, 0.3) is 0 Å². The molecule has 1 heterocycles. The van der Waals surface area contributed by atoms with Crippen molar-refractivity contribution in [3.8, 4) is 0 Å². The van der Waals surface area contributed by atoms with Crippen molar-refractivity contribution < 1.29 is 9.53 Å². The molecule has 0 aliphatic carbocycles. The Balaban J connectivity index is 2.33. The van der Waals surface area contributed by atoms with E-state index in [1.807, 2.05) is 0 Å². The van der Waals surface area contributed by atoms with E-state index in [2.05, 4.69) is 23.5 Å². The van der Waals surface area contributed by atoms with Gasteiger partial charge in [-0.2, -0.15) is 0 Å². The summed E-state index contributed by atoms with van der Waals surface area (Å²) >= 11 is 0. The minimum atomic E-state index is -0.0968. The van der Waals surface area contributed by atoms with Gasteiger partial charge < -0.3 is 9.64 Å². The second-order valence-corrected chi connectivity index (χ2v) is 4.56. The number of nitrogens with zero attached hydrogens (tertiary/aromatic N) is 1. The lowest BCUT2D eigenvalue weighted by Gasteiger charge is -2.26. The lowest BCUT2D eigenvalue weighted by Crippen LogP contribution is -2.28. The van der Waals surface area contributed by atoms with Gasteiger partial charge in [-0.3, -0.25) is 4.79 Å². The molecule has 0 radical (unpaired) electrons. The summed E-state index contributed by atoms with van der Waals surface area (Å²) in [4.78, 5) is 13.4. The third-order valence-electron chi connectivity index (χ3n) is 3.88. The fourth-order valence-corrected chi connectivity index (χ4v) is 2.40. The molecule has 1 aliphatic heterocycles. The Morgan fingerprint density at radius 1 is 1.40 bits per heavy atom. The maximum Gasteiger partial charge on any atom is 0.306 e. The quantitative estimate of drug-likeness (QED) is 0.655. The van der Waals surface area contributed by atoms with E-state index in [1.165, 1.54) is 26.4 Å². The number of esters is 1. The number of likely N-dealkylation sites (tertiary alicyclic amines) is 1. The molecular formula is C12H23NO2. The molecule has 0 aromatic carbocycles. The molecule has 0 unspecified atom stereocenters. The molecule has 0 atom stereocenters. The summed E-state index contributed by atoms with van der Waals surface area (Å²) in [6.45, 7) is 7.69. The predicted molar refractivity (Wildman–Crippen MR) is 60.7 cm³/mol. The van der Waals surface area contributed by atoms with E-state index in [1.54, 1.807) is 0 Å². The standard InChI is InChI=1S/C12H23NO2/c1-4-12(5-2)7-9-13(10-12)8-6-11(14)15-3/h4-10H2,1-3H3. The average molecular weight is 213 g/mol. The Morgan fingerprint density at radius 3 is 2.53 bits per heavy atom. The van der Waals surface area contributed by atoms with Gasteiger partial charge in [0.25, 0.3) is 0 Å². The molecule has 3 heteroatoms. The molecule has 0 saturated carbocycles. The predicted octanol–water partition coefficient (Wildman–Crippen LogP) is 2.06. The van der Waals surface area contributed by atoms with Crippen molar-refractivity contribution in [3.63, 3.8) is 0 Å². The van der Waals surface area contributed by atoms with Gasteiger partial charge in [-0.15, -0.1) is 0 Å². The van der Waals surface area contributed by atoms with Crippen LogP contribution in [0, 0.1) is 5.41 Å². The van der Waals surface area contributed by atoms with E-state index < -0.39 is 0 Å². The minimum Gasteiger partial charge on any atom is -0.469 e. The third kappa shape index (κ3) is 3.20. The second kappa shape index (κ2) is 5.50. The molecule has 3 nitrogen and oxygen atoms in total. The van der Waals surface area contributed by atoms with Crippen molar-refractivity contribution in [3.05, 3.63) is 0 Å². The largest absolute Gasteiger partial charge is 0.469 e. The lowest BCUT2D eigenvalue weighted by molar-refractivity contribution is -0.140. The highest BCUT2D eigenvalue weighted by Gasteiger charge is 2.34. The summed E-state index contributed by atoms with van der Waals surface area (Å²) in [5.74, 6) is -0.0968. The van der Waals surface area contributed by atoms with Crippen molar-refractivity contribution in [1.29, 1.82) is 0 Å². The first-order chi connectivity index (χ1) is 7.15. The van der Waals surface area contributed by atoms with Crippen LogP contribution in [-0.4, -0.2) is 37.6 Å². The number of carbonyl (C=O) groups excluding carboxylic acids is 1. The maximum absolute atomic E-state index is 11.0. The molecule has 0 aromatic rings. The Morgan fingerprint density at radius 2 is 2.07 bits per heavy atom. The van der Waals surface area contributed by atoms with Crippen molar-refractivity contribution in [2.24, 2.45) is 5.41 Å². The van der Waals surface area contributed by atoms with Crippen LogP contribution in [0.1, 0.15) is 39.5 Å². The average Bonchev–Trinajstić information content (AvgIpc) is 2.70. The molecular weight excluding hydrogens is 190 g/mol. The van der Waals surface area contributed by atoms with E-state index in [0.717, 1.165) is 19.6 Å². The monoisotopic (exact) mass is 213 g/mol. The highest BCUT2D eigenvalue weighted by molar-refractivity contribution is 5.69. The van der Waals surface area contributed by atoms with Gasteiger partial charge in [0.2, 0.25) is 0 Å². The molecule has 1 rings (SSSR count). The van der Waals surface area contributed by atoms with Crippen molar-refractivity contribution in [1.82, 2.24) is 4.90 Å². The molecule has 0 aromatic heterocycles. The summed E-state index contributed by atoms with van der Waals surface area (Å²) in [7, 11) is 1.45. The summed E-state index contributed by atoms with van der Waals surface area (Å²) in [6, 6.07) is 0. The van der Waals surface area contributed by atoms with Crippen molar-refractivity contribution in [2.75, 3.05) is 26.7 Å². The zero-order chi connectivity index (χ0) is 11.3. The zero-order valence-corrected chi connectivity index (χ0v) is 10.2. The molecule has 0 spiro atoms. The summed E-state index contributed by atoms with van der Waals surface area (Å²) in [6.07, 6.45) is 4.30. The van der Waals surface area contributed by atoms with Crippen LogP contribution < -0.4 is 0 Å². The van der Waals surface area contributed by atoms with Gasteiger partial charge in [0, 0.05) is 13.1 Å². The number of rotatable bonds is 5. The van der Waals surface area contributed by atoms with E-state index in [-0.39, 0.29) is 5.97 Å². The van der Waals surface area contributed by atoms with Gasteiger partial charge in [-0.05, 0) is 31.2 Å². The Bertz CT molecular complexity index is 212. The SMILES string of the molecule is CCC1(CC)CCN(CCC(=O)OC)C1. The highest BCUT2D eigenvalue weighted by atomic mass is 16.5. The first-order valence-electron chi connectivity index (χ1n) is 5.95. The van der Waals surface area contributed by atoms with Crippen LogP contribution in [0.4, 0.5) is 0 Å². The number of ether oxygens (including phenoxy) is 1. The second-order valence-electron chi connectivity index (χ2n) is 4.56. The fraction of sp³-hybridized carbons (Fsp3) is 0.917. The zero-order valence-electron chi connectivity index (χ0n) is 10.2. The normalized spacial score (nSPS) is 20.5. The number of hydrogen-bond donors (Lipinski definition) is 0. The van der Waals surface area contributed by atoms with Gasteiger partial charge in [-0.25, -0.2) is 0 Å². The molecule has 1 aliphatic rings. The van der Waals surface area contributed by atoms with Gasteiger partial charge in [-0.1, -0.05) is 13.8 Å². The molecule has 1 fully saturated rings. The van der Waals surface area contributed by atoms with E-state index in [4.69, 9.17) is 0 Å². The van der Waals surface area contributed by atoms with E-state index in [9.17, 15) is 4.79 Å². The van der Waals surface area contributed by atoms with Crippen LogP contribution >= 0.6 is 0 Å². The van der Waals surface area contributed by atoms with Gasteiger partial charge in [0.05, 0.1) is 13.5 Å². The summed E-state index contributed by atoms with van der Waals surface area (Å²) in [5.41, 5.74) is 0.510. The molecule has 1 saturated heterocycles.